The zero-order valence-electron chi connectivity index (χ0n) is 26.1. The quantitative estimate of drug-likeness (QED) is 0.0472. The van der Waals surface area contributed by atoms with Crippen LogP contribution >= 0.6 is 0 Å². The van der Waals surface area contributed by atoms with Crippen LogP contribution in [0.3, 0.4) is 0 Å². The molecule has 244 valence electrons. The van der Waals surface area contributed by atoms with Crippen LogP contribution in [0.15, 0.2) is 114 Å². The predicted octanol–water partition coefficient (Wildman–Crippen LogP) is 3.04. The molecule has 11 nitrogen and oxygen atoms in total. The molecule has 4 aromatic rings. The van der Waals surface area contributed by atoms with Gasteiger partial charge in [-0.2, -0.15) is 0 Å². The van der Waals surface area contributed by atoms with E-state index < -0.39 is 23.9 Å². The highest BCUT2D eigenvalue weighted by molar-refractivity contribution is 5.98. The number of carbonyl (C=O) groups excluding carboxylic acids is 3. The molecule has 0 fully saturated rings. The molecule has 0 saturated heterocycles. The summed E-state index contributed by atoms with van der Waals surface area (Å²) in [5.41, 5.74) is 20.5. The molecular formula is C36H41N7O4. The van der Waals surface area contributed by atoms with Gasteiger partial charge >= 0.3 is 0 Å². The third kappa shape index (κ3) is 11.5. The Morgan fingerprint density at radius 1 is 0.702 bits per heavy atom. The van der Waals surface area contributed by atoms with E-state index >= 15 is 0 Å². The van der Waals surface area contributed by atoms with Crippen LogP contribution in [0.2, 0.25) is 0 Å². The first kappa shape index (κ1) is 34.0. The van der Waals surface area contributed by atoms with Gasteiger partial charge in [0.25, 0.3) is 5.91 Å². The molecule has 2 atom stereocenters. The van der Waals surface area contributed by atoms with Crippen LogP contribution in [0.4, 0.5) is 5.69 Å². The lowest BCUT2D eigenvalue weighted by atomic mass is 10.0. The highest BCUT2D eigenvalue weighted by Crippen LogP contribution is 2.15. The summed E-state index contributed by atoms with van der Waals surface area (Å²) in [5, 5.41) is 8.59. The smallest absolute Gasteiger partial charge is 0.251 e. The number of amides is 3. The number of anilines is 1. The lowest BCUT2D eigenvalue weighted by molar-refractivity contribution is -0.130. The number of nitrogens with zero attached hydrogens (tertiary/aromatic N) is 1. The van der Waals surface area contributed by atoms with Gasteiger partial charge in [0.15, 0.2) is 5.96 Å². The highest BCUT2D eigenvalue weighted by atomic mass is 16.5. The monoisotopic (exact) mass is 635 g/mol. The van der Waals surface area contributed by atoms with Gasteiger partial charge in [0.05, 0.1) is 0 Å². The van der Waals surface area contributed by atoms with Crippen LogP contribution in [0, 0.1) is 0 Å². The van der Waals surface area contributed by atoms with E-state index in [0.29, 0.717) is 30.0 Å². The van der Waals surface area contributed by atoms with E-state index in [1.165, 1.54) is 0 Å². The van der Waals surface area contributed by atoms with Crippen LogP contribution < -0.4 is 37.9 Å². The number of carbonyl (C=O) groups is 3. The second-order valence-corrected chi connectivity index (χ2v) is 11.0. The SMILES string of the molecule is NC(N)=NCCC[C@H](NC(=O)c1ccccc1)C(=O)N[C@@H](Cc1ccc(N)cc1)C(=O)NCc1ccc(OCc2ccccc2)cc1. The molecular weight excluding hydrogens is 594 g/mol. The van der Waals surface area contributed by atoms with E-state index in [9.17, 15) is 14.4 Å². The van der Waals surface area contributed by atoms with Crippen molar-refractivity contribution in [2.75, 3.05) is 12.3 Å². The van der Waals surface area contributed by atoms with Gasteiger partial charge < -0.3 is 37.9 Å². The minimum atomic E-state index is -0.943. The first-order valence-corrected chi connectivity index (χ1v) is 15.4. The summed E-state index contributed by atoms with van der Waals surface area (Å²) in [5.74, 6) is -0.652. The molecule has 11 heteroatoms. The molecule has 0 saturated carbocycles. The molecule has 0 unspecified atom stereocenters. The minimum absolute atomic E-state index is 0.0612. The van der Waals surface area contributed by atoms with Crippen molar-refractivity contribution in [3.05, 3.63) is 131 Å². The molecule has 0 spiro atoms. The zero-order chi connectivity index (χ0) is 33.4. The standard InChI is InChI=1S/C36H41N7O4/c37-29-17-13-25(14-18-29)22-32(34(45)41-23-26-15-19-30(20-16-26)47-24-27-8-3-1-4-9-27)43-35(46)31(12-7-21-40-36(38)39)42-33(44)28-10-5-2-6-11-28/h1-6,8-11,13-20,31-32H,7,12,21-24,37H2,(H,41,45)(H,42,44)(H,43,46)(H4,38,39,40)/t31-,32-/m0/s1. The molecule has 0 bridgehead atoms. The molecule has 0 aliphatic rings. The van der Waals surface area contributed by atoms with E-state index in [1.807, 2.05) is 54.6 Å². The summed E-state index contributed by atoms with van der Waals surface area (Å²) in [6.07, 6.45) is 0.874. The number of hydrogen-bond donors (Lipinski definition) is 6. The first-order chi connectivity index (χ1) is 22.8. The fraction of sp³-hybridized carbons (Fsp3) is 0.222. The van der Waals surface area contributed by atoms with Crippen LogP contribution in [0.25, 0.3) is 0 Å². The maximum atomic E-state index is 13.6. The molecule has 0 aliphatic carbocycles. The minimum Gasteiger partial charge on any atom is -0.489 e. The highest BCUT2D eigenvalue weighted by Gasteiger charge is 2.27. The third-order valence-corrected chi connectivity index (χ3v) is 7.29. The van der Waals surface area contributed by atoms with Crippen LogP contribution in [-0.4, -0.2) is 42.3 Å². The Hall–Kier alpha value is -5.84. The summed E-state index contributed by atoms with van der Waals surface area (Å²) in [6.45, 7) is 0.960. The van der Waals surface area contributed by atoms with Crippen molar-refractivity contribution < 1.29 is 19.1 Å². The van der Waals surface area contributed by atoms with E-state index in [1.54, 1.807) is 54.6 Å². The Morgan fingerprint density at radius 3 is 2.00 bits per heavy atom. The molecule has 0 radical (unpaired) electrons. The van der Waals surface area contributed by atoms with Gasteiger partial charge in [-0.05, 0) is 65.9 Å². The fourth-order valence-electron chi connectivity index (χ4n) is 4.73. The molecule has 9 N–H and O–H groups in total. The van der Waals surface area contributed by atoms with Gasteiger partial charge in [0.1, 0.15) is 24.4 Å². The average molecular weight is 636 g/mol. The topological polar surface area (TPSA) is 187 Å². The van der Waals surface area contributed by atoms with Gasteiger partial charge in [-0.1, -0.05) is 72.8 Å². The maximum absolute atomic E-state index is 13.6. The average Bonchev–Trinajstić information content (AvgIpc) is 3.09. The number of aliphatic imine (C=N–C) groups is 1. The van der Waals surface area contributed by atoms with E-state index in [-0.39, 0.29) is 37.8 Å². The van der Waals surface area contributed by atoms with Crippen molar-refractivity contribution in [2.45, 2.75) is 44.5 Å². The summed E-state index contributed by atoms with van der Waals surface area (Å²) in [4.78, 5) is 44.1. The third-order valence-electron chi connectivity index (χ3n) is 7.29. The molecule has 4 rings (SSSR count). The van der Waals surface area contributed by atoms with Gasteiger partial charge in [-0.15, -0.1) is 0 Å². The second kappa shape index (κ2) is 17.6. The second-order valence-electron chi connectivity index (χ2n) is 11.0. The van der Waals surface area contributed by atoms with Crippen molar-refractivity contribution in [2.24, 2.45) is 16.5 Å². The van der Waals surface area contributed by atoms with Gasteiger partial charge in [-0.3, -0.25) is 19.4 Å². The van der Waals surface area contributed by atoms with Gasteiger partial charge in [-0.25, -0.2) is 0 Å². The molecule has 47 heavy (non-hydrogen) atoms. The number of nitrogens with two attached hydrogens (primary N) is 3. The number of hydrogen-bond acceptors (Lipinski definition) is 6. The van der Waals surface area contributed by atoms with Crippen molar-refractivity contribution in [1.29, 1.82) is 0 Å². The molecule has 0 heterocycles. The largest absolute Gasteiger partial charge is 0.489 e. The number of ether oxygens (including phenoxy) is 1. The normalized spacial score (nSPS) is 11.8. The molecule has 0 aliphatic heterocycles. The number of benzene rings is 4. The summed E-state index contributed by atoms with van der Waals surface area (Å²) < 4.78 is 5.86. The molecule has 3 amide bonds. The summed E-state index contributed by atoms with van der Waals surface area (Å²) >= 11 is 0. The van der Waals surface area contributed by atoms with Crippen molar-refractivity contribution in [3.63, 3.8) is 0 Å². The van der Waals surface area contributed by atoms with E-state index in [2.05, 4.69) is 20.9 Å². The molecule has 4 aromatic carbocycles. The van der Waals surface area contributed by atoms with Crippen molar-refractivity contribution >= 4 is 29.4 Å². The summed E-state index contributed by atoms with van der Waals surface area (Å²) in [7, 11) is 0. The van der Waals surface area contributed by atoms with Gasteiger partial charge in [0, 0.05) is 30.8 Å². The Morgan fingerprint density at radius 2 is 1.34 bits per heavy atom. The number of rotatable bonds is 16. The Balaban J connectivity index is 1.43. The van der Waals surface area contributed by atoms with E-state index in [4.69, 9.17) is 21.9 Å². The Bertz CT molecular complexity index is 1610. The Kier molecular flexibility index (Phi) is 12.7. The first-order valence-electron chi connectivity index (χ1n) is 15.4. The Labute approximate surface area is 274 Å². The van der Waals surface area contributed by atoms with Crippen LogP contribution in [0.5, 0.6) is 5.75 Å². The van der Waals surface area contributed by atoms with Gasteiger partial charge in [0.2, 0.25) is 11.8 Å². The fourth-order valence-corrected chi connectivity index (χ4v) is 4.73. The van der Waals surface area contributed by atoms with Crippen molar-refractivity contribution in [1.82, 2.24) is 16.0 Å². The lowest BCUT2D eigenvalue weighted by Crippen LogP contribution is -2.54. The van der Waals surface area contributed by atoms with Crippen LogP contribution in [-0.2, 0) is 29.2 Å². The number of nitrogen functional groups attached to an aromatic ring is 1. The number of nitrogens with one attached hydrogen (secondary N) is 3. The van der Waals surface area contributed by atoms with E-state index in [0.717, 1.165) is 16.7 Å². The molecule has 0 aromatic heterocycles. The maximum Gasteiger partial charge on any atom is 0.251 e. The van der Waals surface area contributed by atoms with Crippen molar-refractivity contribution in [3.8, 4) is 5.75 Å². The predicted molar refractivity (Wildman–Crippen MR) is 183 cm³/mol. The zero-order valence-corrected chi connectivity index (χ0v) is 26.1. The van der Waals surface area contributed by atoms with Crippen LogP contribution in [0.1, 0.15) is 39.9 Å². The lowest BCUT2D eigenvalue weighted by Gasteiger charge is -2.23. The number of guanidine groups is 1. The summed E-state index contributed by atoms with van der Waals surface area (Å²) in [6, 6.07) is 31.1.